The van der Waals surface area contributed by atoms with Crippen molar-refractivity contribution in [1.29, 1.82) is 0 Å². The summed E-state index contributed by atoms with van der Waals surface area (Å²) >= 11 is 0. The van der Waals surface area contributed by atoms with Crippen LogP contribution in [0.4, 0.5) is 6.01 Å². The first-order valence-electron chi connectivity index (χ1n) is 7.09. The quantitative estimate of drug-likeness (QED) is 0.722. The molecule has 0 saturated carbocycles. The maximum Gasteiger partial charge on any atom is 0.315 e. The predicted octanol–water partition coefficient (Wildman–Crippen LogP) is 3.20. The number of benzene rings is 1. The van der Waals surface area contributed by atoms with Crippen LogP contribution in [0.2, 0.25) is 0 Å². The second-order valence-electron chi connectivity index (χ2n) is 4.78. The number of para-hydroxylation sites is 1. The molecule has 0 spiro atoms. The molecule has 0 unspecified atom stereocenters. The number of anilines is 1. The van der Waals surface area contributed by atoms with Crippen molar-refractivity contribution in [2.45, 2.75) is 19.9 Å². The van der Waals surface area contributed by atoms with Crippen molar-refractivity contribution < 1.29 is 13.6 Å². The zero-order valence-electron chi connectivity index (χ0n) is 12.3. The van der Waals surface area contributed by atoms with E-state index in [1.807, 2.05) is 49.4 Å². The van der Waals surface area contributed by atoms with Crippen LogP contribution in [0.1, 0.15) is 17.4 Å². The fourth-order valence-corrected chi connectivity index (χ4v) is 1.94. The van der Waals surface area contributed by atoms with Gasteiger partial charge in [0.1, 0.15) is 17.3 Å². The van der Waals surface area contributed by atoms with Crippen LogP contribution in [0.3, 0.4) is 0 Å². The van der Waals surface area contributed by atoms with E-state index in [9.17, 15) is 0 Å². The number of nitrogens with zero attached hydrogens (tertiary/aromatic N) is 2. The lowest BCUT2D eigenvalue weighted by atomic mass is 10.3. The van der Waals surface area contributed by atoms with E-state index in [4.69, 9.17) is 13.6 Å². The van der Waals surface area contributed by atoms with Crippen molar-refractivity contribution >= 4 is 6.01 Å². The van der Waals surface area contributed by atoms with Crippen LogP contribution in [0.5, 0.6) is 5.75 Å². The van der Waals surface area contributed by atoms with E-state index >= 15 is 0 Å². The standard InChI is InChI=1S/C16H17N3O3/c1-12-7-8-14(21-12)11-17-16-19-18-15(22-16)9-10-20-13-5-3-2-4-6-13/h2-8H,9-11H2,1H3,(H,17,19). The lowest BCUT2D eigenvalue weighted by Crippen LogP contribution is -2.01. The Morgan fingerprint density at radius 3 is 2.68 bits per heavy atom. The number of ether oxygens (including phenoxy) is 1. The SMILES string of the molecule is Cc1ccc(CNc2nnc(CCOc3ccccc3)o2)o1. The van der Waals surface area contributed by atoms with Gasteiger partial charge >= 0.3 is 6.01 Å². The smallest absolute Gasteiger partial charge is 0.315 e. The minimum atomic E-state index is 0.378. The molecule has 0 amide bonds. The van der Waals surface area contributed by atoms with Gasteiger partial charge in [0.15, 0.2) is 0 Å². The predicted molar refractivity (Wildman–Crippen MR) is 80.7 cm³/mol. The summed E-state index contributed by atoms with van der Waals surface area (Å²) in [5, 5.41) is 10.9. The first kappa shape index (κ1) is 14.2. The third-order valence-electron chi connectivity index (χ3n) is 3.00. The minimum absolute atomic E-state index is 0.378. The first-order valence-corrected chi connectivity index (χ1v) is 7.09. The Hall–Kier alpha value is -2.76. The van der Waals surface area contributed by atoms with Crippen LogP contribution in [0.25, 0.3) is 0 Å². The number of hydrogen-bond acceptors (Lipinski definition) is 6. The van der Waals surface area contributed by atoms with Crippen LogP contribution < -0.4 is 10.1 Å². The molecule has 0 aliphatic heterocycles. The number of aryl methyl sites for hydroxylation is 1. The molecule has 0 atom stereocenters. The molecule has 6 heteroatoms. The molecule has 114 valence electrons. The van der Waals surface area contributed by atoms with Crippen molar-refractivity contribution in [1.82, 2.24) is 10.2 Å². The van der Waals surface area contributed by atoms with Gasteiger partial charge in [-0.1, -0.05) is 23.3 Å². The van der Waals surface area contributed by atoms with Crippen LogP contribution in [-0.2, 0) is 13.0 Å². The van der Waals surface area contributed by atoms with Gasteiger partial charge < -0.3 is 18.9 Å². The Labute approximate surface area is 128 Å². The molecule has 22 heavy (non-hydrogen) atoms. The van der Waals surface area contributed by atoms with Gasteiger partial charge in [-0.05, 0) is 31.2 Å². The van der Waals surface area contributed by atoms with Crippen molar-refractivity contribution in [3.63, 3.8) is 0 Å². The van der Waals surface area contributed by atoms with Gasteiger partial charge in [-0.15, -0.1) is 5.10 Å². The lowest BCUT2D eigenvalue weighted by Gasteiger charge is -2.03. The number of rotatable bonds is 7. The molecule has 0 bridgehead atoms. The van der Waals surface area contributed by atoms with Gasteiger partial charge in [-0.25, -0.2) is 0 Å². The largest absolute Gasteiger partial charge is 0.493 e. The maximum absolute atomic E-state index is 5.59. The number of nitrogens with one attached hydrogen (secondary N) is 1. The van der Waals surface area contributed by atoms with Crippen LogP contribution in [0, 0.1) is 6.92 Å². The van der Waals surface area contributed by atoms with E-state index in [-0.39, 0.29) is 0 Å². The Kier molecular flexibility index (Phi) is 4.38. The van der Waals surface area contributed by atoms with Crippen molar-refractivity contribution in [3.05, 3.63) is 59.9 Å². The Morgan fingerprint density at radius 1 is 1.05 bits per heavy atom. The van der Waals surface area contributed by atoms with Crippen LogP contribution in [-0.4, -0.2) is 16.8 Å². The van der Waals surface area contributed by atoms with Crippen LogP contribution in [0.15, 0.2) is 51.3 Å². The summed E-state index contributed by atoms with van der Waals surface area (Å²) in [6.07, 6.45) is 0.559. The number of furan rings is 1. The van der Waals surface area contributed by atoms with Gasteiger partial charge in [0.25, 0.3) is 0 Å². The molecule has 3 aromatic rings. The molecule has 1 N–H and O–H groups in total. The van der Waals surface area contributed by atoms with E-state index < -0.39 is 0 Å². The second kappa shape index (κ2) is 6.80. The molecule has 0 aliphatic carbocycles. The highest BCUT2D eigenvalue weighted by atomic mass is 16.5. The maximum atomic E-state index is 5.59. The number of hydrogen-bond donors (Lipinski definition) is 1. The summed E-state index contributed by atoms with van der Waals surface area (Å²) in [6, 6.07) is 13.8. The molecule has 2 aromatic heterocycles. The molecular formula is C16H17N3O3. The van der Waals surface area contributed by atoms with Gasteiger partial charge in [0, 0.05) is 0 Å². The van der Waals surface area contributed by atoms with Gasteiger partial charge in [-0.2, -0.15) is 0 Å². The summed E-state index contributed by atoms with van der Waals surface area (Å²) in [7, 11) is 0. The van der Waals surface area contributed by atoms with E-state index in [0.717, 1.165) is 17.3 Å². The normalized spacial score (nSPS) is 10.6. The number of aromatic nitrogens is 2. The van der Waals surface area contributed by atoms with Crippen LogP contribution >= 0.6 is 0 Å². The average Bonchev–Trinajstić information content (AvgIpc) is 3.15. The topological polar surface area (TPSA) is 73.3 Å². The second-order valence-corrected chi connectivity index (χ2v) is 4.78. The summed E-state index contributed by atoms with van der Waals surface area (Å²) in [5.74, 6) is 3.06. The summed E-state index contributed by atoms with van der Waals surface area (Å²) < 4.78 is 16.5. The monoisotopic (exact) mass is 299 g/mol. The fraction of sp³-hybridized carbons (Fsp3) is 0.250. The Bertz CT molecular complexity index is 706. The summed E-state index contributed by atoms with van der Waals surface area (Å²) in [5.41, 5.74) is 0. The van der Waals surface area contributed by atoms with Crippen molar-refractivity contribution in [2.24, 2.45) is 0 Å². The molecule has 2 heterocycles. The minimum Gasteiger partial charge on any atom is -0.493 e. The highest BCUT2D eigenvalue weighted by molar-refractivity contribution is 5.21. The van der Waals surface area contributed by atoms with Crippen molar-refractivity contribution in [3.8, 4) is 5.75 Å². The molecule has 6 nitrogen and oxygen atoms in total. The highest BCUT2D eigenvalue weighted by Gasteiger charge is 2.07. The molecule has 1 aromatic carbocycles. The lowest BCUT2D eigenvalue weighted by molar-refractivity contribution is 0.307. The Morgan fingerprint density at radius 2 is 1.91 bits per heavy atom. The van der Waals surface area contributed by atoms with Gasteiger partial charge in [-0.3, -0.25) is 0 Å². The zero-order valence-corrected chi connectivity index (χ0v) is 12.3. The molecular weight excluding hydrogens is 282 g/mol. The average molecular weight is 299 g/mol. The van der Waals surface area contributed by atoms with Gasteiger partial charge in [0.05, 0.1) is 19.6 Å². The summed E-state index contributed by atoms with van der Waals surface area (Å²) in [4.78, 5) is 0. The highest BCUT2D eigenvalue weighted by Crippen LogP contribution is 2.12. The molecule has 0 fully saturated rings. The summed E-state index contributed by atoms with van der Waals surface area (Å²) in [6.45, 7) is 2.90. The third-order valence-corrected chi connectivity index (χ3v) is 3.00. The Balaban J connectivity index is 1.45. The van der Waals surface area contributed by atoms with E-state index in [1.165, 1.54) is 0 Å². The van der Waals surface area contributed by atoms with E-state index in [1.54, 1.807) is 0 Å². The zero-order chi connectivity index (χ0) is 15.2. The third kappa shape index (κ3) is 3.88. The molecule has 0 radical (unpaired) electrons. The molecule has 0 aliphatic rings. The first-order chi connectivity index (χ1) is 10.8. The fourth-order valence-electron chi connectivity index (χ4n) is 1.94. The van der Waals surface area contributed by atoms with E-state index in [0.29, 0.717) is 31.5 Å². The molecule has 3 rings (SSSR count). The van der Waals surface area contributed by atoms with E-state index in [2.05, 4.69) is 15.5 Å². The van der Waals surface area contributed by atoms with Crippen molar-refractivity contribution in [2.75, 3.05) is 11.9 Å². The van der Waals surface area contributed by atoms with Gasteiger partial charge in [0.2, 0.25) is 5.89 Å². The molecule has 0 saturated heterocycles.